The summed E-state index contributed by atoms with van der Waals surface area (Å²) in [5, 5.41) is 24.6. The fourth-order valence-corrected chi connectivity index (χ4v) is 2.87. The summed E-state index contributed by atoms with van der Waals surface area (Å²) in [5.41, 5.74) is 0.975. The van der Waals surface area contributed by atoms with Gasteiger partial charge in [-0.3, -0.25) is 10.1 Å². The topological polar surface area (TPSA) is 101 Å². The maximum atomic E-state index is 11.0. The lowest BCUT2D eigenvalue weighted by atomic mass is 10.1. The Morgan fingerprint density at radius 1 is 1.23 bits per heavy atom. The third kappa shape index (κ3) is 3.33. The smallest absolute Gasteiger partial charge is 0.271 e. The van der Waals surface area contributed by atoms with Crippen LogP contribution in [0.3, 0.4) is 0 Å². The number of anilines is 2. The minimum atomic E-state index is -0.507. The molecule has 0 unspecified atom stereocenters. The average Bonchev–Trinajstić information content (AvgIpc) is 2.62. The summed E-state index contributed by atoms with van der Waals surface area (Å²) >= 11 is 12.2. The van der Waals surface area contributed by atoms with Crippen LogP contribution in [0.5, 0.6) is 5.75 Å². The first kappa shape index (κ1) is 17.7. The number of pyridine rings is 1. The van der Waals surface area contributed by atoms with Crippen LogP contribution in [0.15, 0.2) is 36.4 Å². The van der Waals surface area contributed by atoms with Gasteiger partial charge in [-0.2, -0.15) is 5.26 Å². The van der Waals surface area contributed by atoms with Crippen LogP contribution < -0.4 is 10.1 Å². The van der Waals surface area contributed by atoms with Gasteiger partial charge in [0, 0.05) is 23.6 Å². The van der Waals surface area contributed by atoms with Crippen molar-refractivity contribution in [2.45, 2.75) is 0 Å². The number of hydrogen-bond donors (Lipinski definition) is 1. The molecule has 9 heteroatoms. The standard InChI is InChI=1S/C17H10Cl2N4O3/c1-26-16-7-15(12(18)6-13(16)19)22-17-10(8-20)4-9-2-3-11(23(24)25)5-14(9)21-17/h2-7H,1H3,(H,21,22). The Morgan fingerprint density at radius 3 is 2.65 bits per heavy atom. The Bertz CT molecular complexity index is 1080. The Kier molecular flexibility index (Phi) is 4.80. The summed E-state index contributed by atoms with van der Waals surface area (Å²) in [7, 11) is 1.47. The Labute approximate surface area is 157 Å². The second kappa shape index (κ2) is 7.04. The normalized spacial score (nSPS) is 10.4. The number of benzene rings is 2. The molecule has 1 aromatic heterocycles. The number of hydrogen-bond acceptors (Lipinski definition) is 6. The molecule has 1 heterocycles. The van der Waals surface area contributed by atoms with Crippen molar-refractivity contribution in [3.8, 4) is 11.8 Å². The number of fused-ring (bicyclic) bond motifs is 1. The number of rotatable bonds is 4. The Hall–Kier alpha value is -3.08. The molecule has 0 aliphatic carbocycles. The first-order valence-corrected chi connectivity index (χ1v) is 7.98. The van der Waals surface area contributed by atoms with Crippen LogP contribution in [0.25, 0.3) is 10.9 Å². The fraction of sp³-hybridized carbons (Fsp3) is 0.0588. The Balaban J connectivity index is 2.12. The zero-order valence-corrected chi connectivity index (χ0v) is 14.8. The van der Waals surface area contributed by atoms with Crippen LogP contribution in [-0.4, -0.2) is 17.0 Å². The molecule has 0 bridgehead atoms. The lowest BCUT2D eigenvalue weighted by molar-refractivity contribution is -0.384. The number of nitrogens with one attached hydrogen (secondary N) is 1. The van der Waals surface area contributed by atoms with E-state index in [4.69, 9.17) is 27.9 Å². The van der Waals surface area contributed by atoms with Gasteiger partial charge < -0.3 is 10.1 Å². The summed E-state index contributed by atoms with van der Waals surface area (Å²) in [5.74, 6) is 0.611. The first-order chi connectivity index (χ1) is 12.4. The summed E-state index contributed by atoms with van der Waals surface area (Å²) in [6.45, 7) is 0. The van der Waals surface area contributed by atoms with Gasteiger partial charge in [0.2, 0.25) is 0 Å². The van der Waals surface area contributed by atoms with E-state index in [-0.39, 0.29) is 17.1 Å². The van der Waals surface area contributed by atoms with Gasteiger partial charge >= 0.3 is 0 Å². The molecule has 0 spiro atoms. The number of non-ortho nitro benzene ring substituents is 1. The highest BCUT2D eigenvalue weighted by molar-refractivity contribution is 6.37. The number of ether oxygens (including phenoxy) is 1. The average molecular weight is 389 g/mol. The first-order valence-electron chi connectivity index (χ1n) is 7.22. The van der Waals surface area contributed by atoms with Crippen molar-refractivity contribution in [3.05, 3.63) is 62.1 Å². The molecule has 130 valence electrons. The van der Waals surface area contributed by atoms with Crippen LogP contribution in [0.4, 0.5) is 17.2 Å². The van der Waals surface area contributed by atoms with E-state index in [2.05, 4.69) is 10.3 Å². The largest absolute Gasteiger partial charge is 0.495 e. The van der Waals surface area contributed by atoms with Gasteiger partial charge in [0.25, 0.3) is 5.69 Å². The Morgan fingerprint density at radius 2 is 2.00 bits per heavy atom. The van der Waals surface area contributed by atoms with E-state index in [1.807, 2.05) is 6.07 Å². The molecule has 0 fully saturated rings. The molecule has 3 rings (SSSR count). The molecule has 0 aliphatic rings. The second-order valence-electron chi connectivity index (χ2n) is 5.22. The number of halogens is 2. The van der Waals surface area contributed by atoms with E-state index in [0.717, 1.165) is 0 Å². The molecule has 0 aliphatic heterocycles. The van der Waals surface area contributed by atoms with Gasteiger partial charge in [-0.1, -0.05) is 23.2 Å². The monoisotopic (exact) mass is 388 g/mol. The number of aromatic nitrogens is 1. The number of methoxy groups -OCH3 is 1. The van der Waals surface area contributed by atoms with E-state index in [1.54, 1.807) is 18.2 Å². The summed E-state index contributed by atoms with van der Waals surface area (Å²) in [6.07, 6.45) is 0. The van der Waals surface area contributed by atoms with E-state index in [0.29, 0.717) is 32.4 Å². The predicted molar refractivity (Wildman–Crippen MR) is 99.4 cm³/mol. The maximum absolute atomic E-state index is 11.0. The lowest BCUT2D eigenvalue weighted by Gasteiger charge is -2.12. The van der Waals surface area contributed by atoms with Gasteiger partial charge in [0.1, 0.15) is 17.6 Å². The van der Waals surface area contributed by atoms with Crippen molar-refractivity contribution < 1.29 is 9.66 Å². The third-order valence-electron chi connectivity index (χ3n) is 3.63. The van der Waals surface area contributed by atoms with E-state index < -0.39 is 4.92 Å². The van der Waals surface area contributed by atoms with Crippen LogP contribution in [0.2, 0.25) is 10.0 Å². The van der Waals surface area contributed by atoms with E-state index in [9.17, 15) is 15.4 Å². The van der Waals surface area contributed by atoms with Gasteiger partial charge in [0.05, 0.1) is 38.8 Å². The maximum Gasteiger partial charge on any atom is 0.271 e. The number of nitrogens with zero attached hydrogens (tertiary/aromatic N) is 3. The number of nitro benzene ring substituents is 1. The van der Waals surface area contributed by atoms with Crippen LogP contribution in [0, 0.1) is 21.4 Å². The minimum Gasteiger partial charge on any atom is -0.495 e. The van der Waals surface area contributed by atoms with Crippen molar-refractivity contribution in [2.24, 2.45) is 0 Å². The molecule has 0 amide bonds. The summed E-state index contributed by atoms with van der Waals surface area (Å²) in [6, 6.07) is 11.0. The number of nitriles is 1. The third-order valence-corrected chi connectivity index (χ3v) is 4.24. The fourth-order valence-electron chi connectivity index (χ4n) is 2.36. The summed E-state index contributed by atoms with van der Waals surface area (Å²) < 4.78 is 5.16. The predicted octanol–water partition coefficient (Wildman–Crippen LogP) is 5.07. The quantitative estimate of drug-likeness (QED) is 0.494. The molecule has 2 aromatic carbocycles. The van der Waals surface area contributed by atoms with Crippen molar-refractivity contribution in [2.75, 3.05) is 12.4 Å². The van der Waals surface area contributed by atoms with Crippen molar-refractivity contribution >= 4 is 51.3 Å². The molecule has 1 N–H and O–H groups in total. The molecule has 0 saturated heterocycles. The highest BCUT2D eigenvalue weighted by Crippen LogP contribution is 2.36. The van der Waals surface area contributed by atoms with Crippen molar-refractivity contribution in [1.29, 1.82) is 5.26 Å². The second-order valence-corrected chi connectivity index (χ2v) is 6.04. The molecule has 0 saturated carbocycles. The van der Waals surface area contributed by atoms with E-state index >= 15 is 0 Å². The SMILES string of the molecule is COc1cc(Nc2nc3cc([N+](=O)[O-])ccc3cc2C#N)c(Cl)cc1Cl. The molecule has 7 nitrogen and oxygen atoms in total. The molecule has 0 radical (unpaired) electrons. The molecule has 0 atom stereocenters. The van der Waals surface area contributed by atoms with Crippen LogP contribution in [0.1, 0.15) is 5.56 Å². The molecular weight excluding hydrogens is 379 g/mol. The van der Waals surface area contributed by atoms with Crippen LogP contribution >= 0.6 is 23.2 Å². The van der Waals surface area contributed by atoms with Gasteiger partial charge in [-0.15, -0.1) is 0 Å². The van der Waals surface area contributed by atoms with Crippen molar-refractivity contribution in [3.63, 3.8) is 0 Å². The van der Waals surface area contributed by atoms with Gasteiger partial charge in [-0.05, 0) is 18.2 Å². The van der Waals surface area contributed by atoms with Gasteiger partial charge in [0.15, 0.2) is 0 Å². The highest BCUT2D eigenvalue weighted by atomic mass is 35.5. The van der Waals surface area contributed by atoms with Gasteiger partial charge in [-0.25, -0.2) is 4.98 Å². The van der Waals surface area contributed by atoms with Crippen molar-refractivity contribution in [1.82, 2.24) is 4.98 Å². The highest BCUT2D eigenvalue weighted by Gasteiger charge is 2.14. The minimum absolute atomic E-state index is 0.0909. The molecule has 26 heavy (non-hydrogen) atoms. The zero-order chi connectivity index (χ0) is 18.8. The van der Waals surface area contributed by atoms with Crippen LogP contribution in [-0.2, 0) is 0 Å². The molecular formula is C17H10Cl2N4O3. The zero-order valence-electron chi connectivity index (χ0n) is 13.3. The van der Waals surface area contributed by atoms with E-state index in [1.165, 1.54) is 25.3 Å². The molecule has 3 aromatic rings. The summed E-state index contributed by atoms with van der Waals surface area (Å²) in [4.78, 5) is 14.8. The lowest BCUT2D eigenvalue weighted by Crippen LogP contribution is -1.99. The number of nitro groups is 1.